The predicted molar refractivity (Wildman–Crippen MR) is 75.6 cm³/mol. The van der Waals surface area contributed by atoms with Gasteiger partial charge in [0.15, 0.2) is 0 Å². The van der Waals surface area contributed by atoms with Gasteiger partial charge in [-0.05, 0) is 29.3 Å². The first kappa shape index (κ1) is 13.0. The minimum atomic E-state index is -0.391. The summed E-state index contributed by atoms with van der Waals surface area (Å²) in [6, 6.07) is 10.8. The largest absolute Gasteiger partial charge is 0.507 e. The van der Waals surface area contributed by atoms with E-state index in [9.17, 15) is 9.90 Å². The zero-order valence-electron chi connectivity index (χ0n) is 10.7. The molecule has 0 aliphatic rings. The first-order chi connectivity index (χ1) is 9.11. The zero-order chi connectivity index (χ0) is 13.8. The average Bonchev–Trinajstić information content (AvgIpc) is 2.43. The Balaban J connectivity index is 2.26. The van der Waals surface area contributed by atoms with E-state index >= 15 is 0 Å². The Morgan fingerprint density at radius 3 is 2.47 bits per heavy atom. The molecule has 2 aromatic rings. The van der Waals surface area contributed by atoms with Crippen LogP contribution in [0.1, 0.15) is 23.7 Å². The number of amides is 1. The highest BCUT2D eigenvalue weighted by Crippen LogP contribution is 2.24. The van der Waals surface area contributed by atoms with Crippen LogP contribution in [0.5, 0.6) is 5.75 Å². The summed E-state index contributed by atoms with van der Waals surface area (Å²) >= 11 is 0. The Morgan fingerprint density at radius 1 is 1.21 bits per heavy atom. The first-order valence-electron chi connectivity index (χ1n) is 6.07. The third-order valence-electron chi connectivity index (χ3n) is 2.89. The molecule has 4 heteroatoms. The van der Waals surface area contributed by atoms with Crippen molar-refractivity contribution in [3.05, 3.63) is 54.2 Å². The molecule has 0 saturated heterocycles. The van der Waals surface area contributed by atoms with Gasteiger partial charge in [0.05, 0.1) is 5.56 Å². The van der Waals surface area contributed by atoms with Gasteiger partial charge in [-0.15, -0.1) is 0 Å². The van der Waals surface area contributed by atoms with Gasteiger partial charge in [0.2, 0.25) is 0 Å². The van der Waals surface area contributed by atoms with E-state index in [1.54, 1.807) is 12.1 Å². The standard InChI is InChI=1S/C15H16N2O2/c1-3-10(2)16-17-15(19)13-8-11-6-4-5-7-12(11)9-14(13)18/h4-9,16,18H,2-3H2,1H3,(H,17,19). The fourth-order valence-electron chi connectivity index (χ4n) is 1.71. The Kier molecular flexibility index (Phi) is 3.71. The van der Waals surface area contributed by atoms with Crippen LogP contribution < -0.4 is 10.9 Å². The highest BCUT2D eigenvalue weighted by Gasteiger charge is 2.12. The van der Waals surface area contributed by atoms with E-state index in [4.69, 9.17) is 0 Å². The highest BCUT2D eigenvalue weighted by molar-refractivity contribution is 6.01. The second kappa shape index (κ2) is 5.44. The van der Waals surface area contributed by atoms with Gasteiger partial charge >= 0.3 is 0 Å². The van der Waals surface area contributed by atoms with E-state index in [0.717, 1.165) is 10.8 Å². The molecule has 0 bridgehead atoms. The van der Waals surface area contributed by atoms with Crippen LogP contribution in [0.15, 0.2) is 48.7 Å². The van der Waals surface area contributed by atoms with Crippen LogP contribution >= 0.6 is 0 Å². The third kappa shape index (κ3) is 2.85. The van der Waals surface area contributed by atoms with E-state index < -0.39 is 5.91 Å². The molecular weight excluding hydrogens is 240 g/mol. The van der Waals surface area contributed by atoms with Crippen LogP contribution in [0.2, 0.25) is 0 Å². The molecule has 0 spiro atoms. The molecule has 2 rings (SSSR count). The summed E-state index contributed by atoms with van der Waals surface area (Å²) in [6.45, 7) is 5.65. The molecule has 1 amide bonds. The lowest BCUT2D eigenvalue weighted by Crippen LogP contribution is -2.36. The van der Waals surface area contributed by atoms with E-state index in [-0.39, 0.29) is 11.3 Å². The quantitative estimate of drug-likeness (QED) is 0.737. The van der Waals surface area contributed by atoms with Crippen molar-refractivity contribution in [3.63, 3.8) is 0 Å². The van der Waals surface area contributed by atoms with E-state index in [2.05, 4.69) is 17.4 Å². The van der Waals surface area contributed by atoms with Gasteiger partial charge in [-0.25, -0.2) is 0 Å². The summed E-state index contributed by atoms with van der Waals surface area (Å²) in [6.07, 6.45) is 0.712. The van der Waals surface area contributed by atoms with Gasteiger partial charge in [-0.1, -0.05) is 37.8 Å². The van der Waals surface area contributed by atoms with Crippen LogP contribution in [-0.2, 0) is 0 Å². The maximum atomic E-state index is 12.0. The number of nitrogens with one attached hydrogen (secondary N) is 2. The fourth-order valence-corrected chi connectivity index (χ4v) is 1.71. The minimum absolute atomic E-state index is 0.0416. The highest BCUT2D eigenvalue weighted by atomic mass is 16.3. The molecule has 4 nitrogen and oxygen atoms in total. The number of hydrazine groups is 1. The Bertz CT molecular complexity index is 635. The maximum Gasteiger partial charge on any atom is 0.273 e. The molecule has 0 aliphatic heterocycles. The molecule has 0 saturated carbocycles. The van der Waals surface area contributed by atoms with Gasteiger partial charge < -0.3 is 10.5 Å². The van der Waals surface area contributed by atoms with Crippen molar-refractivity contribution in [1.82, 2.24) is 10.9 Å². The van der Waals surface area contributed by atoms with Crippen LogP contribution in [-0.4, -0.2) is 11.0 Å². The van der Waals surface area contributed by atoms with Gasteiger partial charge in [0, 0.05) is 5.70 Å². The summed E-state index contributed by atoms with van der Waals surface area (Å²) in [7, 11) is 0. The van der Waals surface area contributed by atoms with E-state index in [0.29, 0.717) is 12.1 Å². The van der Waals surface area contributed by atoms with Crippen LogP contribution in [0.4, 0.5) is 0 Å². The van der Waals surface area contributed by atoms with Crippen molar-refractivity contribution in [2.24, 2.45) is 0 Å². The summed E-state index contributed by atoms with van der Waals surface area (Å²) in [5, 5.41) is 11.7. The number of aromatic hydroxyl groups is 1. The number of fused-ring (bicyclic) bond motifs is 1. The SMILES string of the molecule is C=C(CC)NNC(=O)c1cc2ccccc2cc1O. The smallest absolute Gasteiger partial charge is 0.273 e. The molecule has 0 fully saturated rings. The van der Waals surface area contributed by atoms with Crippen LogP contribution in [0, 0.1) is 0 Å². The van der Waals surface area contributed by atoms with Crippen LogP contribution in [0.3, 0.4) is 0 Å². The normalized spacial score (nSPS) is 10.2. The van der Waals surface area contributed by atoms with Crippen molar-refractivity contribution in [2.45, 2.75) is 13.3 Å². The predicted octanol–water partition coefficient (Wildman–Crippen LogP) is 2.70. The van der Waals surface area contributed by atoms with Gasteiger partial charge in [0.1, 0.15) is 5.75 Å². The number of phenolic OH excluding ortho intramolecular Hbond substituents is 1. The molecule has 98 valence electrons. The van der Waals surface area contributed by atoms with E-state index in [1.165, 1.54) is 0 Å². The maximum absolute atomic E-state index is 12.0. The molecule has 0 aromatic heterocycles. The molecule has 19 heavy (non-hydrogen) atoms. The Hall–Kier alpha value is -2.49. The number of phenols is 1. The fraction of sp³-hybridized carbons (Fsp3) is 0.133. The Labute approximate surface area is 111 Å². The summed E-state index contributed by atoms with van der Waals surface area (Å²) < 4.78 is 0. The lowest BCUT2D eigenvalue weighted by Gasteiger charge is -2.11. The molecular formula is C15H16N2O2. The second-order valence-corrected chi connectivity index (χ2v) is 4.25. The number of carbonyl (C=O) groups is 1. The Morgan fingerprint density at radius 2 is 1.84 bits per heavy atom. The van der Waals surface area contributed by atoms with Gasteiger partial charge in [-0.2, -0.15) is 0 Å². The monoisotopic (exact) mass is 256 g/mol. The van der Waals surface area contributed by atoms with Crippen molar-refractivity contribution < 1.29 is 9.90 Å². The number of allylic oxidation sites excluding steroid dienone is 1. The molecule has 0 radical (unpaired) electrons. The zero-order valence-corrected chi connectivity index (χ0v) is 10.7. The number of hydrogen-bond acceptors (Lipinski definition) is 3. The van der Waals surface area contributed by atoms with Gasteiger partial charge in [-0.3, -0.25) is 10.2 Å². The number of hydrogen-bond donors (Lipinski definition) is 3. The molecule has 2 aromatic carbocycles. The van der Waals surface area contributed by atoms with Crippen molar-refractivity contribution in [3.8, 4) is 5.75 Å². The summed E-state index contributed by atoms with van der Waals surface area (Å²) in [5.74, 6) is -0.432. The molecule has 0 heterocycles. The topological polar surface area (TPSA) is 61.4 Å². The molecule has 3 N–H and O–H groups in total. The van der Waals surface area contributed by atoms with Crippen LogP contribution in [0.25, 0.3) is 10.8 Å². The lowest BCUT2D eigenvalue weighted by molar-refractivity contribution is 0.0936. The molecule has 0 aliphatic carbocycles. The lowest BCUT2D eigenvalue weighted by atomic mass is 10.1. The summed E-state index contributed by atoms with van der Waals surface area (Å²) in [5.41, 5.74) is 6.14. The minimum Gasteiger partial charge on any atom is -0.507 e. The van der Waals surface area contributed by atoms with Crippen molar-refractivity contribution in [1.29, 1.82) is 0 Å². The number of benzene rings is 2. The second-order valence-electron chi connectivity index (χ2n) is 4.25. The molecule has 0 atom stereocenters. The number of rotatable bonds is 4. The third-order valence-corrected chi connectivity index (χ3v) is 2.89. The molecule has 0 unspecified atom stereocenters. The average molecular weight is 256 g/mol. The van der Waals surface area contributed by atoms with E-state index in [1.807, 2.05) is 31.2 Å². The summed E-state index contributed by atoms with van der Waals surface area (Å²) in [4.78, 5) is 12.0. The number of carbonyl (C=O) groups excluding carboxylic acids is 1. The first-order valence-corrected chi connectivity index (χ1v) is 6.07. The van der Waals surface area contributed by atoms with Gasteiger partial charge in [0.25, 0.3) is 5.91 Å². The van der Waals surface area contributed by atoms with Crippen molar-refractivity contribution >= 4 is 16.7 Å². The van der Waals surface area contributed by atoms with Crippen molar-refractivity contribution in [2.75, 3.05) is 0 Å².